The van der Waals surface area contributed by atoms with Crippen molar-refractivity contribution in [1.82, 2.24) is 0 Å². The smallest absolute Gasteiger partial charge is 0.146 e. The molecular formula is C16H13BrO2. The van der Waals surface area contributed by atoms with Crippen molar-refractivity contribution in [2.24, 2.45) is 0 Å². The molecule has 0 radical (unpaired) electrons. The summed E-state index contributed by atoms with van der Waals surface area (Å²) in [6.07, 6.45) is 0. The van der Waals surface area contributed by atoms with E-state index in [1.165, 1.54) is 0 Å². The first-order chi connectivity index (χ1) is 9.22. The number of furan rings is 1. The molecule has 0 fully saturated rings. The molecule has 3 aromatic rings. The van der Waals surface area contributed by atoms with Gasteiger partial charge in [-0.2, -0.15) is 0 Å². The summed E-state index contributed by atoms with van der Waals surface area (Å²) in [6, 6.07) is 15.9. The lowest BCUT2D eigenvalue weighted by Gasteiger charge is -2.03. The molecule has 2 aromatic carbocycles. The Bertz CT molecular complexity index is 716. The number of halogens is 1. The van der Waals surface area contributed by atoms with E-state index in [2.05, 4.69) is 22.0 Å². The second kappa shape index (κ2) is 5.10. The van der Waals surface area contributed by atoms with Gasteiger partial charge in [0.2, 0.25) is 0 Å². The molecule has 0 aliphatic heterocycles. The van der Waals surface area contributed by atoms with Gasteiger partial charge in [-0.3, -0.25) is 0 Å². The van der Waals surface area contributed by atoms with E-state index in [9.17, 15) is 0 Å². The van der Waals surface area contributed by atoms with Crippen molar-refractivity contribution in [3.63, 3.8) is 0 Å². The standard InChI is InChI=1S/C16H13BrO2/c1-11-4-2-5-12-8-15(19-16(11)12)10-18-14-7-3-6-13(17)9-14/h2-9H,10H2,1H3. The van der Waals surface area contributed by atoms with Gasteiger partial charge >= 0.3 is 0 Å². The number of fused-ring (bicyclic) bond motifs is 1. The lowest BCUT2D eigenvalue weighted by molar-refractivity contribution is 0.274. The van der Waals surface area contributed by atoms with Crippen LogP contribution in [0.5, 0.6) is 5.75 Å². The number of para-hydroxylation sites is 1. The predicted octanol–water partition coefficient (Wildman–Crippen LogP) is 5.08. The molecule has 2 nitrogen and oxygen atoms in total. The molecule has 19 heavy (non-hydrogen) atoms. The Labute approximate surface area is 120 Å². The zero-order valence-electron chi connectivity index (χ0n) is 10.5. The number of hydrogen-bond donors (Lipinski definition) is 0. The second-order valence-corrected chi connectivity index (χ2v) is 5.37. The average molecular weight is 317 g/mol. The van der Waals surface area contributed by atoms with Gasteiger partial charge in [-0.1, -0.05) is 40.2 Å². The lowest BCUT2D eigenvalue weighted by atomic mass is 10.2. The molecule has 0 amide bonds. The monoisotopic (exact) mass is 316 g/mol. The molecule has 0 unspecified atom stereocenters. The quantitative estimate of drug-likeness (QED) is 0.672. The minimum Gasteiger partial charge on any atom is -0.486 e. The van der Waals surface area contributed by atoms with Gasteiger partial charge in [0.05, 0.1) is 0 Å². The molecule has 3 heteroatoms. The van der Waals surface area contributed by atoms with Crippen LogP contribution in [0.3, 0.4) is 0 Å². The Morgan fingerprint density at radius 2 is 1.95 bits per heavy atom. The maximum atomic E-state index is 5.81. The minimum absolute atomic E-state index is 0.435. The maximum Gasteiger partial charge on any atom is 0.146 e. The summed E-state index contributed by atoms with van der Waals surface area (Å²) < 4.78 is 12.5. The Morgan fingerprint density at radius 1 is 1.11 bits per heavy atom. The van der Waals surface area contributed by atoms with Gasteiger partial charge in [0.25, 0.3) is 0 Å². The van der Waals surface area contributed by atoms with Crippen molar-refractivity contribution in [3.05, 3.63) is 64.3 Å². The van der Waals surface area contributed by atoms with E-state index in [0.29, 0.717) is 6.61 Å². The minimum atomic E-state index is 0.435. The summed E-state index contributed by atoms with van der Waals surface area (Å²) in [4.78, 5) is 0. The van der Waals surface area contributed by atoms with Gasteiger partial charge in [-0.05, 0) is 36.8 Å². The largest absolute Gasteiger partial charge is 0.486 e. The summed E-state index contributed by atoms with van der Waals surface area (Å²) in [7, 11) is 0. The van der Waals surface area contributed by atoms with Gasteiger partial charge in [0.15, 0.2) is 0 Å². The van der Waals surface area contributed by atoms with Gasteiger partial charge < -0.3 is 9.15 Å². The fourth-order valence-corrected chi connectivity index (χ4v) is 2.42. The van der Waals surface area contributed by atoms with E-state index in [0.717, 1.165) is 32.5 Å². The van der Waals surface area contributed by atoms with Crippen molar-refractivity contribution >= 4 is 26.9 Å². The first kappa shape index (κ1) is 12.3. The van der Waals surface area contributed by atoms with Crippen molar-refractivity contribution in [3.8, 4) is 5.75 Å². The molecule has 0 aliphatic carbocycles. The molecular weight excluding hydrogens is 304 g/mol. The highest BCUT2D eigenvalue weighted by Gasteiger charge is 2.06. The third-order valence-electron chi connectivity index (χ3n) is 2.97. The summed E-state index contributed by atoms with van der Waals surface area (Å²) in [5, 5.41) is 1.12. The second-order valence-electron chi connectivity index (χ2n) is 4.45. The first-order valence-corrected chi connectivity index (χ1v) is 6.88. The fraction of sp³-hybridized carbons (Fsp3) is 0.125. The highest BCUT2D eigenvalue weighted by atomic mass is 79.9. The lowest BCUT2D eigenvalue weighted by Crippen LogP contribution is -1.93. The molecule has 0 N–H and O–H groups in total. The van der Waals surface area contributed by atoms with Crippen LogP contribution in [-0.4, -0.2) is 0 Å². The molecule has 3 rings (SSSR count). The van der Waals surface area contributed by atoms with Crippen LogP contribution in [0.25, 0.3) is 11.0 Å². The summed E-state index contributed by atoms with van der Waals surface area (Å²) in [5.74, 6) is 1.66. The Kier molecular flexibility index (Phi) is 3.30. The topological polar surface area (TPSA) is 22.4 Å². The normalized spacial score (nSPS) is 10.8. The van der Waals surface area contributed by atoms with Crippen LogP contribution < -0.4 is 4.74 Å². The predicted molar refractivity (Wildman–Crippen MR) is 79.4 cm³/mol. The molecule has 0 spiro atoms. The van der Waals surface area contributed by atoms with Crippen LogP contribution in [0.2, 0.25) is 0 Å². The number of benzene rings is 2. The number of hydrogen-bond acceptors (Lipinski definition) is 2. The van der Waals surface area contributed by atoms with Gasteiger partial charge in [0, 0.05) is 9.86 Å². The zero-order chi connectivity index (χ0) is 13.2. The number of aryl methyl sites for hydroxylation is 1. The maximum absolute atomic E-state index is 5.81. The first-order valence-electron chi connectivity index (χ1n) is 6.09. The Morgan fingerprint density at radius 3 is 2.74 bits per heavy atom. The van der Waals surface area contributed by atoms with E-state index in [1.54, 1.807) is 0 Å². The van der Waals surface area contributed by atoms with E-state index in [-0.39, 0.29) is 0 Å². The van der Waals surface area contributed by atoms with Gasteiger partial charge in [-0.15, -0.1) is 0 Å². The molecule has 0 saturated carbocycles. The molecule has 1 aromatic heterocycles. The van der Waals surface area contributed by atoms with Crippen molar-refractivity contribution in [1.29, 1.82) is 0 Å². The van der Waals surface area contributed by atoms with Crippen LogP contribution in [0, 0.1) is 6.92 Å². The van der Waals surface area contributed by atoms with Gasteiger partial charge in [-0.25, -0.2) is 0 Å². The van der Waals surface area contributed by atoms with Crippen LogP contribution in [0.1, 0.15) is 11.3 Å². The molecule has 0 bridgehead atoms. The number of ether oxygens (including phenoxy) is 1. The van der Waals surface area contributed by atoms with E-state index in [1.807, 2.05) is 49.4 Å². The molecule has 0 atom stereocenters. The van der Waals surface area contributed by atoms with Crippen molar-refractivity contribution < 1.29 is 9.15 Å². The molecule has 96 valence electrons. The molecule has 0 saturated heterocycles. The highest BCUT2D eigenvalue weighted by molar-refractivity contribution is 9.10. The van der Waals surface area contributed by atoms with Crippen LogP contribution in [0.4, 0.5) is 0 Å². The van der Waals surface area contributed by atoms with Crippen molar-refractivity contribution in [2.45, 2.75) is 13.5 Å². The van der Waals surface area contributed by atoms with E-state index >= 15 is 0 Å². The van der Waals surface area contributed by atoms with Crippen LogP contribution in [0.15, 0.2) is 57.4 Å². The van der Waals surface area contributed by atoms with Crippen LogP contribution >= 0.6 is 15.9 Å². The summed E-state index contributed by atoms with van der Waals surface area (Å²) in [6.45, 7) is 2.48. The van der Waals surface area contributed by atoms with Crippen LogP contribution in [-0.2, 0) is 6.61 Å². The summed E-state index contributed by atoms with van der Waals surface area (Å²) in [5.41, 5.74) is 2.08. The third kappa shape index (κ3) is 2.66. The highest BCUT2D eigenvalue weighted by Crippen LogP contribution is 2.24. The van der Waals surface area contributed by atoms with Gasteiger partial charge in [0.1, 0.15) is 23.7 Å². The molecule has 0 aliphatic rings. The Balaban J connectivity index is 1.80. The van der Waals surface area contributed by atoms with E-state index in [4.69, 9.17) is 9.15 Å². The summed E-state index contributed by atoms with van der Waals surface area (Å²) >= 11 is 3.42. The molecule has 1 heterocycles. The average Bonchev–Trinajstić information content (AvgIpc) is 2.81. The van der Waals surface area contributed by atoms with Crippen molar-refractivity contribution in [2.75, 3.05) is 0 Å². The Hall–Kier alpha value is -1.74. The SMILES string of the molecule is Cc1cccc2cc(COc3cccc(Br)c3)oc12. The number of rotatable bonds is 3. The zero-order valence-corrected chi connectivity index (χ0v) is 12.1. The van der Waals surface area contributed by atoms with E-state index < -0.39 is 0 Å². The third-order valence-corrected chi connectivity index (χ3v) is 3.46. The fourth-order valence-electron chi connectivity index (χ4n) is 2.04.